The summed E-state index contributed by atoms with van der Waals surface area (Å²) >= 11 is 6.45. The summed E-state index contributed by atoms with van der Waals surface area (Å²) in [5, 5.41) is 4.33. The molecule has 0 atom stereocenters. The number of ether oxygens (including phenoxy) is 1. The van der Waals surface area contributed by atoms with E-state index in [4.69, 9.17) is 16.3 Å². The molecule has 35 heavy (non-hydrogen) atoms. The molecule has 2 saturated carbocycles. The molecule has 2 aliphatic rings. The van der Waals surface area contributed by atoms with Crippen LogP contribution in [-0.4, -0.2) is 49.1 Å². The molecule has 5 rings (SSSR count). The van der Waals surface area contributed by atoms with Crippen LogP contribution in [0.2, 0.25) is 5.02 Å². The number of carbonyl (C=O) groups is 1. The van der Waals surface area contributed by atoms with Crippen LogP contribution >= 0.6 is 11.6 Å². The Bertz CT molecular complexity index is 1240. The highest BCUT2D eigenvalue weighted by molar-refractivity contribution is 6.31. The number of hydrogen-bond donors (Lipinski definition) is 1. The number of hydrogen-bond acceptors (Lipinski definition) is 5. The Balaban J connectivity index is 1.41. The van der Waals surface area contributed by atoms with Gasteiger partial charge >= 0.3 is 0 Å². The predicted molar refractivity (Wildman–Crippen MR) is 134 cm³/mol. The van der Waals surface area contributed by atoms with E-state index in [0.29, 0.717) is 30.1 Å². The molecule has 0 bridgehead atoms. The van der Waals surface area contributed by atoms with E-state index >= 15 is 0 Å². The second-order valence-corrected chi connectivity index (χ2v) is 10.2. The van der Waals surface area contributed by atoms with E-state index < -0.39 is 11.2 Å². The molecule has 0 spiro atoms. The lowest BCUT2D eigenvalue weighted by atomic mass is 9.82. The van der Waals surface area contributed by atoms with Gasteiger partial charge < -0.3 is 14.6 Å². The van der Waals surface area contributed by atoms with E-state index in [2.05, 4.69) is 15.1 Å². The van der Waals surface area contributed by atoms with Crippen molar-refractivity contribution in [2.45, 2.75) is 82.5 Å². The molecule has 186 valence electrons. The number of amides is 1. The van der Waals surface area contributed by atoms with Crippen molar-refractivity contribution in [3.8, 4) is 11.4 Å². The summed E-state index contributed by atoms with van der Waals surface area (Å²) in [6, 6.07) is 9.72. The zero-order valence-electron chi connectivity index (χ0n) is 20.1. The van der Waals surface area contributed by atoms with Crippen LogP contribution in [0.4, 0.5) is 0 Å². The first-order valence-corrected chi connectivity index (χ1v) is 13.0. The molecule has 2 heterocycles. The van der Waals surface area contributed by atoms with Crippen molar-refractivity contribution in [1.82, 2.24) is 24.5 Å². The average molecular weight is 498 g/mol. The Morgan fingerprint density at radius 2 is 1.83 bits per heavy atom. The van der Waals surface area contributed by atoms with E-state index in [-0.39, 0.29) is 23.6 Å². The number of benzene rings is 1. The zero-order valence-corrected chi connectivity index (χ0v) is 20.9. The lowest BCUT2D eigenvalue weighted by Crippen LogP contribution is -2.53. The molecule has 3 aromatic rings. The van der Waals surface area contributed by atoms with Crippen molar-refractivity contribution in [1.29, 1.82) is 0 Å². The van der Waals surface area contributed by atoms with Gasteiger partial charge in [-0.25, -0.2) is 0 Å². The molecule has 1 amide bonds. The summed E-state index contributed by atoms with van der Waals surface area (Å²) in [7, 11) is 1.92. The quantitative estimate of drug-likeness (QED) is 0.530. The summed E-state index contributed by atoms with van der Waals surface area (Å²) in [6.07, 6.45) is 9.99. The fourth-order valence-corrected chi connectivity index (χ4v) is 5.65. The molecule has 8 nitrogen and oxygen atoms in total. The van der Waals surface area contributed by atoms with Gasteiger partial charge in [-0.2, -0.15) is 9.50 Å². The number of aromatic amines is 1. The molecular formula is C26H32ClN5O3. The van der Waals surface area contributed by atoms with Gasteiger partial charge in [0.05, 0.1) is 12.3 Å². The van der Waals surface area contributed by atoms with E-state index in [0.717, 1.165) is 50.5 Å². The van der Waals surface area contributed by atoms with Crippen LogP contribution in [0.25, 0.3) is 17.2 Å². The standard InChI is InChI=1S/C26H32ClN5O3/c1-31(19-13-7-3-8-14-19)24(34)26(15-9-4-10-16-26)35-17-20-21(27)23(33)32-25(28-20)29-22(30-32)18-11-5-2-6-12-18/h2,5-6,11-12,19H,3-4,7-10,13-17H2,1H3,(H,28,29,30). The molecule has 2 fully saturated rings. The van der Waals surface area contributed by atoms with Crippen LogP contribution in [0.5, 0.6) is 0 Å². The van der Waals surface area contributed by atoms with Gasteiger partial charge in [-0.15, -0.1) is 5.10 Å². The molecule has 0 saturated heterocycles. The lowest BCUT2D eigenvalue weighted by molar-refractivity contribution is -0.167. The number of carbonyl (C=O) groups excluding carboxylic acids is 1. The second kappa shape index (κ2) is 10.1. The number of rotatable bonds is 6. The molecular weight excluding hydrogens is 466 g/mol. The Kier molecular flexibility index (Phi) is 6.93. The van der Waals surface area contributed by atoms with Gasteiger partial charge in [-0.05, 0) is 25.7 Å². The van der Waals surface area contributed by atoms with Crippen LogP contribution in [0.15, 0.2) is 35.1 Å². The summed E-state index contributed by atoms with van der Waals surface area (Å²) < 4.78 is 7.58. The first-order valence-electron chi connectivity index (χ1n) is 12.6. The molecule has 9 heteroatoms. The maximum atomic E-state index is 13.7. The van der Waals surface area contributed by atoms with Crippen molar-refractivity contribution in [3.05, 3.63) is 51.4 Å². The summed E-state index contributed by atoms with van der Waals surface area (Å²) in [5.74, 6) is 0.777. The molecule has 2 aliphatic carbocycles. The van der Waals surface area contributed by atoms with Crippen molar-refractivity contribution >= 4 is 23.3 Å². The molecule has 1 N–H and O–H groups in total. The van der Waals surface area contributed by atoms with Crippen LogP contribution in [0, 0.1) is 0 Å². The Morgan fingerprint density at radius 1 is 1.14 bits per heavy atom. The highest BCUT2D eigenvalue weighted by atomic mass is 35.5. The first kappa shape index (κ1) is 24.0. The fourth-order valence-electron chi connectivity index (χ4n) is 5.46. The van der Waals surface area contributed by atoms with Crippen molar-refractivity contribution in [3.63, 3.8) is 0 Å². The minimum Gasteiger partial charge on any atom is -0.359 e. The van der Waals surface area contributed by atoms with Crippen molar-refractivity contribution in [2.75, 3.05) is 7.05 Å². The van der Waals surface area contributed by atoms with Crippen LogP contribution < -0.4 is 5.56 Å². The summed E-state index contributed by atoms with van der Waals surface area (Å²) in [5.41, 5.74) is -0.138. The van der Waals surface area contributed by atoms with Crippen LogP contribution in [0.3, 0.4) is 0 Å². The third-order valence-corrected chi connectivity index (χ3v) is 7.92. The van der Waals surface area contributed by atoms with E-state index in [1.807, 2.05) is 42.3 Å². The van der Waals surface area contributed by atoms with Crippen molar-refractivity contribution in [2.24, 2.45) is 0 Å². The van der Waals surface area contributed by atoms with Gasteiger partial charge in [0.2, 0.25) is 5.78 Å². The number of nitrogens with zero attached hydrogens (tertiary/aromatic N) is 4. The van der Waals surface area contributed by atoms with E-state index in [1.54, 1.807) is 0 Å². The van der Waals surface area contributed by atoms with Gasteiger partial charge in [0.1, 0.15) is 10.6 Å². The first-order chi connectivity index (χ1) is 17.0. The number of nitrogens with one attached hydrogen (secondary N) is 1. The SMILES string of the molecule is CN(C(=O)C1(OCc2[nH]c3nc(-c4ccccc4)nn3c(=O)c2Cl)CCCCC1)C1CCCCC1. The number of fused-ring (bicyclic) bond motifs is 1. The van der Waals surface area contributed by atoms with Gasteiger partial charge in [-0.1, -0.05) is 80.5 Å². The Hall–Kier alpha value is -2.71. The topological polar surface area (TPSA) is 92.6 Å². The largest absolute Gasteiger partial charge is 0.359 e. The lowest BCUT2D eigenvalue weighted by Gasteiger charge is -2.41. The minimum absolute atomic E-state index is 0.000977. The normalized spacial score (nSPS) is 18.6. The minimum atomic E-state index is -0.889. The van der Waals surface area contributed by atoms with Gasteiger partial charge in [-0.3, -0.25) is 9.59 Å². The number of halogens is 1. The third-order valence-electron chi connectivity index (χ3n) is 7.53. The molecule has 1 aromatic carbocycles. The van der Waals surface area contributed by atoms with Crippen molar-refractivity contribution < 1.29 is 9.53 Å². The highest BCUT2D eigenvalue weighted by Gasteiger charge is 2.44. The van der Waals surface area contributed by atoms with Crippen LogP contribution in [-0.2, 0) is 16.1 Å². The monoisotopic (exact) mass is 497 g/mol. The predicted octanol–water partition coefficient (Wildman–Crippen LogP) is 4.75. The average Bonchev–Trinajstić information content (AvgIpc) is 3.35. The highest BCUT2D eigenvalue weighted by Crippen LogP contribution is 2.36. The van der Waals surface area contributed by atoms with Gasteiger partial charge in [0, 0.05) is 18.7 Å². The fraction of sp³-hybridized carbons (Fsp3) is 0.538. The maximum absolute atomic E-state index is 13.7. The second-order valence-electron chi connectivity index (χ2n) is 9.81. The van der Waals surface area contributed by atoms with Gasteiger partial charge in [0.15, 0.2) is 5.82 Å². The summed E-state index contributed by atoms with van der Waals surface area (Å²) in [6.45, 7) is 0.0301. The van der Waals surface area contributed by atoms with E-state index in [9.17, 15) is 9.59 Å². The number of aromatic nitrogens is 4. The zero-order chi connectivity index (χ0) is 24.4. The summed E-state index contributed by atoms with van der Waals surface area (Å²) in [4.78, 5) is 36.2. The van der Waals surface area contributed by atoms with E-state index in [1.165, 1.54) is 10.9 Å². The maximum Gasteiger partial charge on any atom is 0.294 e. The van der Waals surface area contributed by atoms with Gasteiger partial charge in [0.25, 0.3) is 11.5 Å². The molecule has 0 unspecified atom stereocenters. The number of likely N-dealkylation sites (N-methyl/N-ethyl adjacent to an activating group) is 1. The smallest absolute Gasteiger partial charge is 0.294 e. The Morgan fingerprint density at radius 3 is 2.54 bits per heavy atom. The number of H-pyrrole nitrogens is 1. The van der Waals surface area contributed by atoms with Crippen LogP contribution in [0.1, 0.15) is 69.9 Å². The third kappa shape index (κ3) is 4.74. The Labute approximate surface area is 209 Å². The molecule has 2 aromatic heterocycles. The molecule has 0 aliphatic heterocycles. The molecule has 0 radical (unpaired) electrons.